The summed E-state index contributed by atoms with van der Waals surface area (Å²) in [5.41, 5.74) is -0.0288. The predicted molar refractivity (Wildman–Crippen MR) is 163 cm³/mol. The Morgan fingerprint density at radius 3 is 1.96 bits per heavy atom. The molecule has 0 bridgehead atoms. The van der Waals surface area contributed by atoms with Crippen LogP contribution < -0.4 is 4.74 Å². The maximum atomic E-state index is 15.0. The number of alkyl halides is 2. The summed E-state index contributed by atoms with van der Waals surface area (Å²) >= 11 is 0. The summed E-state index contributed by atoms with van der Waals surface area (Å²) in [5.74, 6) is -6.01. The average molecular weight is 645 g/mol. The molecule has 1 saturated carbocycles. The zero-order chi connectivity index (χ0) is 32.8. The largest absolute Gasteiger partial charge is 0.429 e. The zero-order valence-electron chi connectivity index (χ0n) is 25.4. The van der Waals surface area contributed by atoms with Crippen molar-refractivity contribution in [1.82, 2.24) is 0 Å². The first-order valence-corrected chi connectivity index (χ1v) is 15.6. The number of unbranched alkanes of at least 4 members (excludes halogenated alkanes) is 2. The molecule has 0 atom stereocenters. The Bertz CT molecular complexity index is 1610. The normalized spacial score (nSPS) is 16.9. The molecular weight excluding hydrogens is 609 g/mol. The van der Waals surface area contributed by atoms with Crippen LogP contribution in [0.25, 0.3) is 22.3 Å². The summed E-state index contributed by atoms with van der Waals surface area (Å²) in [4.78, 5) is 0. The molecule has 0 aliphatic heterocycles. The lowest BCUT2D eigenvalue weighted by Gasteiger charge is -2.28. The van der Waals surface area contributed by atoms with Gasteiger partial charge in [0.1, 0.15) is 17.4 Å². The fraction of sp³-hybridized carbons (Fsp3) is 0.351. The van der Waals surface area contributed by atoms with E-state index in [0.717, 1.165) is 49.8 Å². The zero-order valence-corrected chi connectivity index (χ0v) is 25.4. The van der Waals surface area contributed by atoms with Gasteiger partial charge in [-0.05, 0) is 96.3 Å². The highest BCUT2D eigenvalue weighted by molar-refractivity contribution is 5.71. The summed E-state index contributed by atoms with van der Waals surface area (Å²) in [7, 11) is 0. The van der Waals surface area contributed by atoms with E-state index in [1.54, 1.807) is 0 Å². The second kappa shape index (κ2) is 14.7. The summed E-state index contributed by atoms with van der Waals surface area (Å²) in [6.45, 7) is 2.33. The molecule has 46 heavy (non-hydrogen) atoms. The van der Waals surface area contributed by atoms with Crippen LogP contribution >= 0.6 is 0 Å². The van der Waals surface area contributed by atoms with E-state index < -0.39 is 40.8 Å². The SMILES string of the molecule is CCCCCC1CCC(OCc2ccc(C(F)(F)Oc3ccc(-c4ccc(-c5cc(F)c(F)c(F)c5)c(F)c4)cc3)c(F)c2)CC1. The van der Waals surface area contributed by atoms with Crippen LogP contribution in [0.2, 0.25) is 0 Å². The first kappa shape index (κ1) is 33.5. The Hall–Kier alpha value is -3.85. The van der Waals surface area contributed by atoms with Gasteiger partial charge >= 0.3 is 6.11 Å². The Balaban J connectivity index is 1.18. The van der Waals surface area contributed by atoms with E-state index in [1.807, 2.05) is 0 Å². The molecule has 4 aromatic carbocycles. The molecule has 0 spiro atoms. The maximum Gasteiger partial charge on any atom is 0.429 e. The van der Waals surface area contributed by atoms with Crippen LogP contribution in [-0.2, 0) is 17.5 Å². The smallest absolute Gasteiger partial charge is 0.429 e. The Morgan fingerprint density at radius 2 is 1.33 bits per heavy atom. The van der Waals surface area contributed by atoms with Crippen LogP contribution in [0.4, 0.5) is 30.7 Å². The van der Waals surface area contributed by atoms with Crippen LogP contribution in [0.1, 0.15) is 69.4 Å². The number of halogens is 7. The first-order chi connectivity index (χ1) is 22.0. The lowest BCUT2D eigenvalue weighted by atomic mass is 9.84. The molecule has 0 radical (unpaired) electrons. The quantitative estimate of drug-likeness (QED) is 0.0868. The van der Waals surface area contributed by atoms with Crippen molar-refractivity contribution < 1.29 is 40.2 Å². The molecule has 2 nitrogen and oxygen atoms in total. The van der Waals surface area contributed by atoms with Crippen LogP contribution in [0.5, 0.6) is 5.75 Å². The highest BCUT2D eigenvalue weighted by Crippen LogP contribution is 2.36. The van der Waals surface area contributed by atoms with Crippen molar-refractivity contribution in [3.63, 3.8) is 0 Å². The van der Waals surface area contributed by atoms with Gasteiger partial charge in [0.15, 0.2) is 17.5 Å². The van der Waals surface area contributed by atoms with Crippen molar-refractivity contribution in [3.05, 3.63) is 113 Å². The molecule has 0 N–H and O–H groups in total. The van der Waals surface area contributed by atoms with Gasteiger partial charge in [-0.1, -0.05) is 62.9 Å². The molecule has 5 rings (SSSR count). The van der Waals surface area contributed by atoms with E-state index in [1.165, 1.54) is 68.1 Å². The first-order valence-electron chi connectivity index (χ1n) is 15.6. The third-order valence-corrected chi connectivity index (χ3v) is 8.54. The van der Waals surface area contributed by atoms with Gasteiger partial charge in [-0.2, -0.15) is 8.78 Å². The summed E-state index contributed by atoms with van der Waals surface area (Å²) in [6, 6.07) is 13.9. The number of benzene rings is 4. The van der Waals surface area contributed by atoms with E-state index in [4.69, 9.17) is 9.47 Å². The lowest BCUT2D eigenvalue weighted by molar-refractivity contribution is -0.187. The highest BCUT2D eigenvalue weighted by Gasteiger charge is 2.37. The van der Waals surface area contributed by atoms with Crippen LogP contribution in [0.15, 0.2) is 72.8 Å². The van der Waals surface area contributed by atoms with E-state index in [0.29, 0.717) is 28.8 Å². The van der Waals surface area contributed by atoms with Gasteiger partial charge in [0.05, 0.1) is 18.3 Å². The number of hydrogen-bond acceptors (Lipinski definition) is 2. The Morgan fingerprint density at radius 1 is 0.674 bits per heavy atom. The van der Waals surface area contributed by atoms with Gasteiger partial charge in [0, 0.05) is 5.56 Å². The highest BCUT2D eigenvalue weighted by atomic mass is 19.3. The van der Waals surface area contributed by atoms with E-state index >= 15 is 8.78 Å². The number of ether oxygens (including phenoxy) is 2. The van der Waals surface area contributed by atoms with Gasteiger partial charge < -0.3 is 9.47 Å². The minimum atomic E-state index is -3.98. The fourth-order valence-electron chi connectivity index (χ4n) is 5.93. The van der Waals surface area contributed by atoms with Gasteiger partial charge in [0.2, 0.25) is 0 Å². The lowest BCUT2D eigenvalue weighted by Crippen LogP contribution is -2.24. The van der Waals surface area contributed by atoms with Crippen LogP contribution in [-0.4, -0.2) is 6.10 Å². The average Bonchev–Trinajstić information content (AvgIpc) is 3.03. The molecule has 244 valence electrons. The topological polar surface area (TPSA) is 18.5 Å². The molecule has 0 amide bonds. The molecule has 9 heteroatoms. The molecule has 0 aromatic heterocycles. The van der Waals surface area contributed by atoms with E-state index in [2.05, 4.69) is 6.92 Å². The van der Waals surface area contributed by atoms with Crippen molar-refractivity contribution in [2.24, 2.45) is 5.92 Å². The van der Waals surface area contributed by atoms with Crippen molar-refractivity contribution in [1.29, 1.82) is 0 Å². The standard InChI is InChI=1S/C37H35F7O2/c1-2-3-4-5-23-6-12-28(13-7-23)45-22-24-8-17-31(33(39)18-24)37(43,44)46-29-14-9-25(10-15-29)26-11-16-30(32(38)19-26)27-20-34(40)36(42)35(41)21-27/h8-11,14-21,23,28H,2-7,12-13,22H2,1H3. The van der Waals surface area contributed by atoms with Crippen molar-refractivity contribution in [2.45, 2.75) is 77.1 Å². The van der Waals surface area contributed by atoms with Gasteiger partial charge in [0.25, 0.3) is 0 Å². The second-order valence-electron chi connectivity index (χ2n) is 11.9. The second-order valence-corrected chi connectivity index (χ2v) is 11.9. The van der Waals surface area contributed by atoms with Crippen molar-refractivity contribution in [2.75, 3.05) is 0 Å². The van der Waals surface area contributed by atoms with Crippen LogP contribution in [0, 0.1) is 35.0 Å². The maximum absolute atomic E-state index is 15.0. The molecule has 0 saturated heterocycles. The monoisotopic (exact) mass is 644 g/mol. The predicted octanol–water partition coefficient (Wildman–Crippen LogP) is 11.5. The molecule has 1 aliphatic carbocycles. The van der Waals surface area contributed by atoms with Crippen LogP contribution in [0.3, 0.4) is 0 Å². The Labute approximate surface area is 264 Å². The van der Waals surface area contributed by atoms with Crippen molar-refractivity contribution in [3.8, 4) is 28.0 Å². The van der Waals surface area contributed by atoms with Gasteiger partial charge in [-0.25, -0.2) is 22.0 Å². The fourth-order valence-corrected chi connectivity index (χ4v) is 5.93. The third kappa shape index (κ3) is 8.10. The van der Waals surface area contributed by atoms with E-state index in [-0.39, 0.29) is 29.6 Å². The minimum absolute atomic E-state index is 0.0799. The molecular formula is C37H35F7O2. The van der Waals surface area contributed by atoms with Gasteiger partial charge in [-0.15, -0.1) is 0 Å². The number of rotatable bonds is 12. The third-order valence-electron chi connectivity index (χ3n) is 8.54. The molecule has 4 aromatic rings. The van der Waals surface area contributed by atoms with E-state index in [9.17, 15) is 22.0 Å². The Kier molecular flexibility index (Phi) is 10.7. The summed E-state index contributed by atoms with van der Waals surface area (Å²) in [5, 5.41) is 0. The summed E-state index contributed by atoms with van der Waals surface area (Å²) in [6.07, 6.45) is 5.17. The molecule has 0 heterocycles. The summed E-state index contributed by atoms with van der Waals surface area (Å²) < 4.78 is 111. The number of hydrogen-bond donors (Lipinski definition) is 0. The van der Waals surface area contributed by atoms with Gasteiger partial charge in [-0.3, -0.25) is 0 Å². The molecule has 1 aliphatic rings. The molecule has 0 unspecified atom stereocenters. The minimum Gasteiger partial charge on any atom is -0.429 e. The molecule has 1 fully saturated rings. The van der Waals surface area contributed by atoms with Crippen molar-refractivity contribution >= 4 is 0 Å².